The summed E-state index contributed by atoms with van der Waals surface area (Å²) in [4.78, 5) is 0. The summed E-state index contributed by atoms with van der Waals surface area (Å²) >= 11 is 0. The molecule has 0 spiro atoms. The third-order valence-electron chi connectivity index (χ3n) is 5.03. The van der Waals surface area contributed by atoms with E-state index in [4.69, 9.17) is 0 Å². The second-order valence-corrected chi connectivity index (χ2v) is 11.6. The summed E-state index contributed by atoms with van der Waals surface area (Å²) in [5, 5.41) is 0. The molecule has 0 radical (unpaired) electrons. The molecule has 0 amide bonds. The molecule has 0 aromatic carbocycles. The molecule has 0 heteroatoms. The van der Waals surface area contributed by atoms with Gasteiger partial charge in [-0.1, -0.05) is 123 Å². The third kappa shape index (κ3) is 29.0. The summed E-state index contributed by atoms with van der Waals surface area (Å²) in [6.45, 7) is 32.1. The summed E-state index contributed by atoms with van der Waals surface area (Å²) in [6.07, 6.45) is 8.04. The van der Waals surface area contributed by atoms with Gasteiger partial charge in [0.2, 0.25) is 0 Å². The van der Waals surface area contributed by atoms with E-state index < -0.39 is 0 Å². The van der Waals surface area contributed by atoms with Gasteiger partial charge in [-0.05, 0) is 40.9 Å². The summed E-state index contributed by atoms with van der Waals surface area (Å²) < 4.78 is 0. The number of hydrogen-bond acceptors (Lipinski definition) is 0. The molecule has 2 unspecified atom stereocenters. The minimum atomic E-state index is 0.509. The van der Waals surface area contributed by atoms with Gasteiger partial charge in [-0.25, -0.2) is 0 Å². The Bertz CT molecular complexity index is 266. The fourth-order valence-corrected chi connectivity index (χ4v) is 2.51. The first-order valence-corrected chi connectivity index (χ1v) is 11.0. The Morgan fingerprint density at radius 1 is 0.640 bits per heavy atom. The summed E-state index contributed by atoms with van der Waals surface area (Å²) in [5.74, 6) is 1.74. The fourth-order valence-electron chi connectivity index (χ4n) is 2.51. The maximum absolute atomic E-state index is 2.32. The molecular formula is C25H56. The minimum absolute atomic E-state index is 0.509. The number of rotatable bonds is 5. The third-order valence-corrected chi connectivity index (χ3v) is 5.03. The molecule has 0 saturated heterocycles. The predicted molar refractivity (Wildman–Crippen MR) is 121 cm³/mol. The van der Waals surface area contributed by atoms with Crippen LogP contribution in [0.4, 0.5) is 0 Å². The van der Waals surface area contributed by atoms with Crippen molar-refractivity contribution < 1.29 is 0 Å². The van der Waals surface area contributed by atoms with E-state index in [1.54, 1.807) is 0 Å². The van der Waals surface area contributed by atoms with Crippen LogP contribution in [0.2, 0.25) is 0 Å². The molecule has 156 valence electrons. The SMILES string of the molecule is CCC(C)C(C)(C)C.CCC(C)CC(C)(C)C.CCCCC(C)(C)C. The normalized spacial score (nSPS) is 14.6. The monoisotopic (exact) mass is 356 g/mol. The lowest BCUT2D eigenvalue weighted by Crippen LogP contribution is -2.15. The average Bonchev–Trinajstić information content (AvgIpc) is 2.41. The van der Waals surface area contributed by atoms with Crippen LogP contribution in [0, 0.1) is 28.1 Å². The lowest BCUT2D eigenvalue weighted by atomic mass is 9.81. The molecule has 0 aromatic heterocycles. The van der Waals surface area contributed by atoms with Crippen LogP contribution in [-0.4, -0.2) is 0 Å². The second kappa shape index (κ2) is 14.1. The Labute approximate surface area is 164 Å². The molecule has 25 heavy (non-hydrogen) atoms. The van der Waals surface area contributed by atoms with Gasteiger partial charge < -0.3 is 0 Å². The second-order valence-electron chi connectivity index (χ2n) is 11.6. The topological polar surface area (TPSA) is 0 Å². The highest BCUT2D eigenvalue weighted by Gasteiger charge is 2.17. The Morgan fingerprint density at radius 2 is 1.08 bits per heavy atom. The van der Waals surface area contributed by atoms with Crippen molar-refractivity contribution in [3.05, 3.63) is 0 Å². The quantitative estimate of drug-likeness (QED) is 0.459. The van der Waals surface area contributed by atoms with Gasteiger partial charge in [0.1, 0.15) is 0 Å². The standard InChI is InChI=1S/C9H20.2C8H18/c1-6-8(2)7-9(3,4)5;1-6-7(2)8(3,4)5;1-5-6-7-8(2,3)4/h8H,6-7H2,1-5H3;7H,6H2,1-5H3;5-7H2,1-4H3. The average molecular weight is 357 g/mol. The van der Waals surface area contributed by atoms with Crippen LogP contribution >= 0.6 is 0 Å². The summed E-state index contributed by atoms with van der Waals surface area (Å²) in [7, 11) is 0. The minimum Gasteiger partial charge on any atom is -0.0654 e. The highest BCUT2D eigenvalue weighted by atomic mass is 14.2. The van der Waals surface area contributed by atoms with Crippen LogP contribution in [0.5, 0.6) is 0 Å². The molecule has 0 N–H and O–H groups in total. The van der Waals surface area contributed by atoms with Crippen molar-refractivity contribution in [1.29, 1.82) is 0 Å². The van der Waals surface area contributed by atoms with E-state index in [0.717, 1.165) is 11.8 Å². The first kappa shape index (κ1) is 29.8. The lowest BCUT2D eigenvalue weighted by Gasteiger charge is -2.25. The molecule has 0 bridgehead atoms. The van der Waals surface area contributed by atoms with E-state index in [0.29, 0.717) is 16.2 Å². The zero-order chi connectivity index (χ0) is 20.9. The summed E-state index contributed by atoms with van der Waals surface area (Å²) in [5.41, 5.74) is 1.58. The van der Waals surface area contributed by atoms with Crippen molar-refractivity contribution in [2.24, 2.45) is 28.1 Å². The van der Waals surface area contributed by atoms with E-state index in [2.05, 4.69) is 96.9 Å². The molecule has 0 heterocycles. The van der Waals surface area contributed by atoms with Gasteiger partial charge in [-0.2, -0.15) is 0 Å². The molecule has 0 saturated carbocycles. The van der Waals surface area contributed by atoms with Crippen molar-refractivity contribution in [2.45, 2.75) is 135 Å². The highest BCUT2D eigenvalue weighted by Crippen LogP contribution is 2.27. The predicted octanol–water partition coefficient (Wildman–Crippen LogP) is 9.77. The van der Waals surface area contributed by atoms with Crippen LogP contribution in [0.3, 0.4) is 0 Å². The first-order chi connectivity index (χ1) is 11.0. The van der Waals surface area contributed by atoms with E-state index in [1.807, 2.05) is 0 Å². The molecule has 0 aliphatic heterocycles. The van der Waals surface area contributed by atoms with Crippen LogP contribution in [0.1, 0.15) is 135 Å². The lowest BCUT2D eigenvalue weighted by molar-refractivity contribution is 0.254. The van der Waals surface area contributed by atoms with E-state index in [-0.39, 0.29) is 0 Å². The van der Waals surface area contributed by atoms with Crippen molar-refractivity contribution in [2.75, 3.05) is 0 Å². The molecule has 2 atom stereocenters. The van der Waals surface area contributed by atoms with Crippen molar-refractivity contribution in [1.82, 2.24) is 0 Å². The highest BCUT2D eigenvalue weighted by molar-refractivity contribution is 4.67. The largest absolute Gasteiger partial charge is 0.0654 e. The smallest absolute Gasteiger partial charge is 0.0357 e. The maximum atomic E-state index is 2.32. The summed E-state index contributed by atoms with van der Waals surface area (Å²) in [6, 6.07) is 0. The fraction of sp³-hybridized carbons (Fsp3) is 1.00. The van der Waals surface area contributed by atoms with Gasteiger partial charge in [0.25, 0.3) is 0 Å². The van der Waals surface area contributed by atoms with Crippen LogP contribution in [-0.2, 0) is 0 Å². The van der Waals surface area contributed by atoms with Crippen molar-refractivity contribution in [3.63, 3.8) is 0 Å². The van der Waals surface area contributed by atoms with E-state index >= 15 is 0 Å². The van der Waals surface area contributed by atoms with E-state index in [9.17, 15) is 0 Å². The molecular weight excluding hydrogens is 300 g/mol. The number of hydrogen-bond donors (Lipinski definition) is 0. The van der Waals surface area contributed by atoms with Crippen LogP contribution in [0.25, 0.3) is 0 Å². The Kier molecular flexibility index (Phi) is 16.8. The Morgan fingerprint density at radius 3 is 1.16 bits per heavy atom. The van der Waals surface area contributed by atoms with Crippen molar-refractivity contribution >= 4 is 0 Å². The zero-order valence-corrected chi connectivity index (χ0v) is 20.9. The van der Waals surface area contributed by atoms with Gasteiger partial charge >= 0.3 is 0 Å². The molecule has 0 nitrogen and oxygen atoms in total. The zero-order valence-electron chi connectivity index (χ0n) is 20.9. The molecule has 0 aromatic rings. The molecule has 0 aliphatic carbocycles. The van der Waals surface area contributed by atoms with Crippen molar-refractivity contribution in [3.8, 4) is 0 Å². The van der Waals surface area contributed by atoms with Gasteiger partial charge in [0, 0.05) is 0 Å². The number of unbranched alkanes of at least 4 members (excludes halogenated alkanes) is 1. The maximum Gasteiger partial charge on any atom is -0.0357 e. The van der Waals surface area contributed by atoms with Crippen LogP contribution in [0.15, 0.2) is 0 Å². The Hall–Kier alpha value is 0. The molecule has 0 rings (SSSR count). The van der Waals surface area contributed by atoms with Gasteiger partial charge in [-0.3, -0.25) is 0 Å². The molecule has 0 aliphatic rings. The van der Waals surface area contributed by atoms with Gasteiger partial charge in [-0.15, -0.1) is 0 Å². The van der Waals surface area contributed by atoms with E-state index in [1.165, 1.54) is 38.5 Å². The van der Waals surface area contributed by atoms with Gasteiger partial charge in [0.05, 0.1) is 0 Å². The molecule has 0 fully saturated rings. The van der Waals surface area contributed by atoms with Gasteiger partial charge in [0.15, 0.2) is 0 Å². The Balaban J connectivity index is -0.000000291. The van der Waals surface area contributed by atoms with Crippen LogP contribution < -0.4 is 0 Å². The first-order valence-electron chi connectivity index (χ1n) is 11.0.